The fourth-order valence-corrected chi connectivity index (χ4v) is 2.81. The average Bonchev–Trinajstić information content (AvgIpc) is 2.93. The normalized spacial score (nSPS) is 19.1. The Kier molecular flexibility index (Phi) is 5.14. The molecule has 2 aromatic carbocycles. The van der Waals surface area contributed by atoms with Gasteiger partial charge >= 0.3 is 12.2 Å². The first kappa shape index (κ1) is 20.5. The number of halogens is 4. The second-order valence-electron chi connectivity index (χ2n) is 5.98. The standard InChI is InChI=1S/C18H13ClF3N3O4/c1-29-13-8-6-12(7-9-13)25-15(27)17(18(20,21)22,24-16(25)28)23-14(26)10-2-4-11(19)5-3-10/h2-9H,1H3,(H,23,26)(H,24,28)/t17-/m1/s1. The highest BCUT2D eigenvalue weighted by Crippen LogP contribution is 2.36. The highest BCUT2D eigenvalue weighted by atomic mass is 35.5. The molecule has 152 valence electrons. The number of hydrogen-bond acceptors (Lipinski definition) is 4. The predicted octanol–water partition coefficient (Wildman–Crippen LogP) is 3.09. The number of ether oxygens (including phenoxy) is 1. The van der Waals surface area contributed by atoms with Crippen molar-refractivity contribution in [3.63, 3.8) is 0 Å². The van der Waals surface area contributed by atoms with Gasteiger partial charge in [0.25, 0.3) is 17.5 Å². The summed E-state index contributed by atoms with van der Waals surface area (Å²) in [7, 11) is 1.38. The van der Waals surface area contributed by atoms with Gasteiger partial charge in [0.1, 0.15) is 5.75 Å². The van der Waals surface area contributed by atoms with Crippen LogP contribution in [0.1, 0.15) is 10.4 Å². The van der Waals surface area contributed by atoms with Gasteiger partial charge in [0.2, 0.25) is 0 Å². The van der Waals surface area contributed by atoms with Crippen LogP contribution in [-0.2, 0) is 4.79 Å². The lowest BCUT2D eigenvalue weighted by Crippen LogP contribution is -2.69. The molecule has 29 heavy (non-hydrogen) atoms. The molecule has 1 aliphatic rings. The van der Waals surface area contributed by atoms with Gasteiger partial charge in [-0.2, -0.15) is 13.2 Å². The van der Waals surface area contributed by atoms with Crippen molar-refractivity contribution in [2.45, 2.75) is 11.8 Å². The summed E-state index contributed by atoms with van der Waals surface area (Å²) in [5.41, 5.74) is -3.93. The molecule has 0 saturated carbocycles. The average molecular weight is 428 g/mol. The van der Waals surface area contributed by atoms with Crippen LogP contribution in [0.4, 0.5) is 23.7 Å². The number of methoxy groups -OCH3 is 1. The number of alkyl halides is 3. The van der Waals surface area contributed by atoms with Gasteiger partial charge in [0.15, 0.2) is 0 Å². The molecule has 0 spiro atoms. The zero-order chi connectivity index (χ0) is 21.4. The summed E-state index contributed by atoms with van der Waals surface area (Å²) in [5.74, 6) is -2.54. The number of benzene rings is 2. The van der Waals surface area contributed by atoms with Crippen LogP contribution < -0.4 is 20.3 Å². The van der Waals surface area contributed by atoms with Crippen LogP contribution >= 0.6 is 11.6 Å². The van der Waals surface area contributed by atoms with Crippen LogP contribution in [0.5, 0.6) is 5.75 Å². The highest BCUT2D eigenvalue weighted by Gasteiger charge is 2.69. The van der Waals surface area contributed by atoms with Crippen molar-refractivity contribution >= 4 is 35.1 Å². The van der Waals surface area contributed by atoms with Crippen molar-refractivity contribution in [2.24, 2.45) is 0 Å². The van der Waals surface area contributed by atoms with Crippen LogP contribution in [0.15, 0.2) is 48.5 Å². The molecule has 0 aliphatic carbocycles. The largest absolute Gasteiger partial charge is 0.497 e. The van der Waals surface area contributed by atoms with Crippen LogP contribution in [0.25, 0.3) is 0 Å². The molecule has 1 atom stereocenters. The van der Waals surface area contributed by atoms with E-state index in [0.717, 1.165) is 0 Å². The maximum atomic E-state index is 13.9. The Morgan fingerprint density at radius 1 is 1.10 bits per heavy atom. The molecule has 11 heteroatoms. The van der Waals surface area contributed by atoms with E-state index in [9.17, 15) is 27.6 Å². The molecule has 0 unspecified atom stereocenters. The van der Waals surface area contributed by atoms with Crippen molar-refractivity contribution < 1.29 is 32.3 Å². The zero-order valence-electron chi connectivity index (χ0n) is 14.7. The Hall–Kier alpha value is -3.27. The van der Waals surface area contributed by atoms with Crippen molar-refractivity contribution in [1.82, 2.24) is 10.6 Å². The Morgan fingerprint density at radius 2 is 1.69 bits per heavy atom. The predicted molar refractivity (Wildman–Crippen MR) is 96.7 cm³/mol. The third-order valence-electron chi connectivity index (χ3n) is 4.18. The minimum Gasteiger partial charge on any atom is -0.497 e. The van der Waals surface area contributed by atoms with Gasteiger partial charge in [0.05, 0.1) is 12.8 Å². The summed E-state index contributed by atoms with van der Waals surface area (Å²) in [4.78, 5) is 37.6. The SMILES string of the molecule is COc1ccc(N2C(=O)N[C@@](NC(=O)c3ccc(Cl)cc3)(C(F)(F)F)C2=O)cc1. The quantitative estimate of drug-likeness (QED) is 0.734. The maximum Gasteiger partial charge on any atom is 0.440 e. The smallest absolute Gasteiger partial charge is 0.440 e. The zero-order valence-corrected chi connectivity index (χ0v) is 15.5. The molecule has 2 aromatic rings. The molecule has 0 radical (unpaired) electrons. The Morgan fingerprint density at radius 3 is 2.21 bits per heavy atom. The summed E-state index contributed by atoms with van der Waals surface area (Å²) in [6, 6.07) is 8.85. The number of hydrogen-bond donors (Lipinski definition) is 2. The Balaban J connectivity index is 1.97. The Bertz CT molecular complexity index is 964. The maximum absolute atomic E-state index is 13.9. The minimum atomic E-state index is -5.32. The topological polar surface area (TPSA) is 87.7 Å². The molecule has 1 heterocycles. The van der Waals surface area contributed by atoms with Crippen LogP contribution in [-0.4, -0.2) is 36.8 Å². The number of amides is 4. The third kappa shape index (κ3) is 3.58. The number of anilines is 1. The van der Waals surface area contributed by atoms with Crippen LogP contribution in [0.3, 0.4) is 0 Å². The fraction of sp³-hybridized carbons (Fsp3) is 0.167. The van der Waals surface area contributed by atoms with Gasteiger partial charge in [-0.1, -0.05) is 11.6 Å². The summed E-state index contributed by atoms with van der Waals surface area (Å²) >= 11 is 5.70. The van der Waals surface area contributed by atoms with Crippen LogP contribution in [0.2, 0.25) is 5.02 Å². The van der Waals surface area contributed by atoms with Crippen molar-refractivity contribution in [3.8, 4) is 5.75 Å². The lowest BCUT2D eigenvalue weighted by Gasteiger charge is -2.29. The molecule has 7 nitrogen and oxygen atoms in total. The summed E-state index contributed by atoms with van der Waals surface area (Å²) in [6.07, 6.45) is -5.32. The fourth-order valence-electron chi connectivity index (χ4n) is 2.69. The van der Waals surface area contributed by atoms with Gasteiger partial charge in [-0.05, 0) is 48.5 Å². The number of rotatable bonds is 4. The molecule has 0 aromatic heterocycles. The van der Waals surface area contributed by atoms with Crippen molar-refractivity contribution in [1.29, 1.82) is 0 Å². The van der Waals surface area contributed by atoms with Crippen molar-refractivity contribution in [2.75, 3.05) is 12.0 Å². The van der Waals surface area contributed by atoms with E-state index >= 15 is 0 Å². The van der Waals surface area contributed by atoms with E-state index in [0.29, 0.717) is 10.6 Å². The molecule has 4 amide bonds. The molecular formula is C18H13ClF3N3O4. The second kappa shape index (κ2) is 7.28. The van der Waals surface area contributed by atoms with E-state index in [1.807, 2.05) is 0 Å². The van der Waals surface area contributed by atoms with Crippen molar-refractivity contribution in [3.05, 3.63) is 59.1 Å². The van der Waals surface area contributed by atoms with E-state index in [1.165, 1.54) is 55.6 Å². The number of nitrogens with one attached hydrogen (secondary N) is 2. The van der Waals surface area contributed by atoms with E-state index in [4.69, 9.17) is 16.3 Å². The number of nitrogens with zero attached hydrogens (tertiary/aromatic N) is 1. The first-order chi connectivity index (χ1) is 13.6. The van der Waals surface area contributed by atoms with E-state index < -0.39 is 29.7 Å². The van der Waals surface area contributed by atoms with Gasteiger partial charge in [-0.15, -0.1) is 0 Å². The number of urea groups is 1. The van der Waals surface area contributed by atoms with Gasteiger partial charge in [-0.25, -0.2) is 9.69 Å². The monoisotopic (exact) mass is 427 g/mol. The molecule has 3 rings (SSSR count). The molecule has 1 fully saturated rings. The Labute approximate surface area is 167 Å². The number of carbonyl (C=O) groups excluding carboxylic acids is 3. The minimum absolute atomic E-state index is 0.125. The highest BCUT2D eigenvalue weighted by molar-refractivity contribution is 6.30. The van der Waals surface area contributed by atoms with Crippen LogP contribution in [0, 0.1) is 0 Å². The molecular weight excluding hydrogens is 415 g/mol. The van der Waals surface area contributed by atoms with E-state index in [1.54, 1.807) is 10.6 Å². The summed E-state index contributed by atoms with van der Waals surface area (Å²) in [5, 5.41) is 3.45. The first-order valence-electron chi connectivity index (χ1n) is 8.04. The summed E-state index contributed by atoms with van der Waals surface area (Å²) < 4.78 is 46.5. The number of carbonyl (C=O) groups is 3. The van der Waals surface area contributed by atoms with E-state index in [2.05, 4.69) is 0 Å². The first-order valence-corrected chi connectivity index (χ1v) is 8.42. The molecule has 2 N–H and O–H groups in total. The molecule has 1 saturated heterocycles. The lowest BCUT2D eigenvalue weighted by molar-refractivity contribution is -0.197. The van der Waals surface area contributed by atoms with Gasteiger partial charge < -0.3 is 10.1 Å². The number of imide groups is 1. The molecule has 0 bridgehead atoms. The third-order valence-corrected chi connectivity index (χ3v) is 4.44. The van der Waals surface area contributed by atoms with E-state index in [-0.39, 0.29) is 16.3 Å². The van der Waals surface area contributed by atoms with Gasteiger partial charge in [0, 0.05) is 10.6 Å². The second-order valence-corrected chi connectivity index (χ2v) is 6.41. The lowest BCUT2D eigenvalue weighted by atomic mass is 10.1. The molecule has 1 aliphatic heterocycles. The summed E-state index contributed by atoms with van der Waals surface area (Å²) in [6.45, 7) is 0. The van der Waals surface area contributed by atoms with Gasteiger partial charge in [-0.3, -0.25) is 14.9 Å².